The van der Waals surface area contributed by atoms with Gasteiger partial charge in [-0.25, -0.2) is 0 Å². The maximum absolute atomic E-state index is 11.8. The van der Waals surface area contributed by atoms with E-state index in [1.54, 1.807) is 26.0 Å². The molecule has 0 atom stereocenters. The first-order chi connectivity index (χ1) is 7.48. The molecule has 0 spiro atoms. The predicted octanol–water partition coefficient (Wildman–Crippen LogP) is 2.28. The lowest BCUT2D eigenvalue weighted by atomic mass is 10.1. The van der Waals surface area contributed by atoms with Crippen molar-refractivity contribution in [1.82, 2.24) is 5.32 Å². The number of carbonyl (C=O) groups excluding carboxylic acids is 1. The lowest BCUT2D eigenvalue weighted by Crippen LogP contribution is -2.42. The summed E-state index contributed by atoms with van der Waals surface area (Å²) >= 11 is 0. The van der Waals surface area contributed by atoms with E-state index in [-0.39, 0.29) is 5.91 Å². The number of nitriles is 1. The average molecular weight is 216 g/mol. The second kappa shape index (κ2) is 4.80. The maximum atomic E-state index is 11.8. The molecule has 0 saturated heterocycles. The molecule has 0 bridgehead atoms. The number of carbonyl (C=O) groups is 1. The van der Waals surface area contributed by atoms with Gasteiger partial charge in [-0.2, -0.15) is 5.26 Å². The van der Waals surface area contributed by atoms with E-state index in [2.05, 4.69) is 12.2 Å². The molecule has 1 N–H and O–H groups in total. The number of hydrogen-bond donors (Lipinski definition) is 1. The molecule has 0 radical (unpaired) electrons. The molecule has 0 aliphatic rings. The van der Waals surface area contributed by atoms with Gasteiger partial charge in [-0.05, 0) is 38.0 Å². The van der Waals surface area contributed by atoms with Crippen LogP contribution in [0.3, 0.4) is 0 Å². The zero-order valence-electron chi connectivity index (χ0n) is 9.87. The van der Waals surface area contributed by atoms with Crippen molar-refractivity contribution in [3.05, 3.63) is 35.4 Å². The van der Waals surface area contributed by atoms with Gasteiger partial charge in [0, 0.05) is 5.56 Å². The molecule has 0 aliphatic carbocycles. The molecule has 1 aromatic rings. The minimum Gasteiger partial charge on any atom is -0.334 e. The fourth-order valence-electron chi connectivity index (χ4n) is 1.28. The van der Waals surface area contributed by atoms with Crippen LogP contribution >= 0.6 is 0 Å². The van der Waals surface area contributed by atoms with E-state index in [0.29, 0.717) is 5.56 Å². The third-order valence-electron chi connectivity index (χ3n) is 2.33. The van der Waals surface area contributed by atoms with Crippen molar-refractivity contribution < 1.29 is 4.79 Å². The number of rotatable bonds is 3. The average Bonchev–Trinajstić information content (AvgIpc) is 2.28. The second-order valence-electron chi connectivity index (χ2n) is 4.24. The highest BCUT2D eigenvalue weighted by molar-refractivity contribution is 5.94. The highest BCUT2D eigenvalue weighted by Gasteiger charge is 2.19. The number of hydrogen-bond acceptors (Lipinski definition) is 2. The molecule has 0 saturated carbocycles. The molecular formula is C13H16N2O. The van der Waals surface area contributed by atoms with E-state index in [4.69, 9.17) is 5.26 Å². The standard InChI is InChI=1S/C13H16N2O/c1-4-10-5-7-11(8-6-10)12(16)15-13(2,3)9-14/h5-8H,4H2,1-3H3,(H,15,16). The van der Waals surface area contributed by atoms with E-state index in [1.807, 2.05) is 18.2 Å². The molecule has 1 amide bonds. The molecule has 0 unspecified atom stereocenters. The molecule has 1 rings (SSSR count). The smallest absolute Gasteiger partial charge is 0.252 e. The zero-order chi connectivity index (χ0) is 12.2. The van der Waals surface area contributed by atoms with Crippen molar-refractivity contribution in [2.75, 3.05) is 0 Å². The Hall–Kier alpha value is -1.82. The van der Waals surface area contributed by atoms with Crippen LogP contribution < -0.4 is 5.32 Å². The topological polar surface area (TPSA) is 52.9 Å². The quantitative estimate of drug-likeness (QED) is 0.842. The van der Waals surface area contributed by atoms with Crippen LogP contribution in [0.4, 0.5) is 0 Å². The lowest BCUT2D eigenvalue weighted by molar-refractivity contribution is 0.0929. The summed E-state index contributed by atoms with van der Waals surface area (Å²) in [6.07, 6.45) is 0.950. The minimum absolute atomic E-state index is 0.214. The molecule has 16 heavy (non-hydrogen) atoms. The molecular weight excluding hydrogens is 200 g/mol. The molecule has 0 heterocycles. The Balaban J connectivity index is 2.78. The second-order valence-corrected chi connectivity index (χ2v) is 4.24. The number of benzene rings is 1. The Labute approximate surface area is 96.1 Å². The zero-order valence-corrected chi connectivity index (χ0v) is 9.87. The summed E-state index contributed by atoms with van der Waals surface area (Å²) in [6, 6.07) is 9.44. The molecule has 0 fully saturated rings. The Morgan fingerprint density at radius 3 is 2.38 bits per heavy atom. The van der Waals surface area contributed by atoms with Gasteiger partial charge in [0.05, 0.1) is 6.07 Å². The van der Waals surface area contributed by atoms with Gasteiger partial charge in [-0.3, -0.25) is 4.79 Å². The van der Waals surface area contributed by atoms with Crippen molar-refractivity contribution in [2.24, 2.45) is 0 Å². The van der Waals surface area contributed by atoms with Crippen molar-refractivity contribution >= 4 is 5.91 Å². The summed E-state index contributed by atoms with van der Waals surface area (Å²) < 4.78 is 0. The van der Waals surface area contributed by atoms with Crippen LogP contribution in [0, 0.1) is 11.3 Å². The maximum Gasteiger partial charge on any atom is 0.252 e. The van der Waals surface area contributed by atoms with Crippen molar-refractivity contribution in [1.29, 1.82) is 5.26 Å². The van der Waals surface area contributed by atoms with Gasteiger partial charge >= 0.3 is 0 Å². The highest BCUT2D eigenvalue weighted by atomic mass is 16.1. The number of amides is 1. The number of aryl methyl sites for hydroxylation is 1. The third kappa shape index (κ3) is 3.09. The van der Waals surface area contributed by atoms with Crippen LogP contribution in [0.1, 0.15) is 36.7 Å². The molecule has 0 aromatic heterocycles. The predicted molar refractivity (Wildman–Crippen MR) is 63.0 cm³/mol. The summed E-state index contributed by atoms with van der Waals surface area (Å²) in [4.78, 5) is 11.8. The molecule has 3 nitrogen and oxygen atoms in total. The number of nitrogens with zero attached hydrogens (tertiary/aromatic N) is 1. The minimum atomic E-state index is -0.833. The molecule has 84 valence electrons. The third-order valence-corrected chi connectivity index (χ3v) is 2.33. The summed E-state index contributed by atoms with van der Waals surface area (Å²) in [5.41, 5.74) is 0.942. The van der Waals surface area contributed by atoms with Crippen LogP contribution in [0.2, 0.25) is 0 Å². The monoisotopic (exact) mass is 216 g/mol. The highest BCUT2D eigenvalue weighted by Crippen LogP contribution is 2.07. The van der Waals surface area contributed by atoms with E-state index in [9.17, 15) is 4.79 Å². The van der Waals surface area contributed by atoms with E-state index < -0.39 is 5.54 Å². The summed E-state index contributed by atoms with van der Waals surface area (Å²) in [6.45, 7) is 5.41. The van der Waals surface area contributed by atoms with Gasteiger partial charge in [0.2, 0.25) is 0 Å². The Bertz CT molecular complexity index is 413. The number of nitrogens with one attached hydrogen (secondary N) is 1. The van der Waals surface area contributed by atoms with Gasteiger partial charge in [-0.1, -0.05) is 19.1 Å². The van der Waals surface area contributed by atoms with E-state index in [1.165, 1.54) is 5.56 Å². The van der Waals surface area contributed by atoms with Crippen molar-refractivity contribution in [2.45, 2.75) is 32.7 Å². The first-order valence-electron chi connectivity index (χ1n) is 5.31. The van der Waals surface area contributed by atoms with Crippen LogP contribution in [-0.2, 0) is 6.42 Å². The van der Waals surface area contributed by atoms with Gasteiger partial charge in [0.1, 0.15) is 5.54 Å². The van der Waals surface area contributed by atoms with Crippen molar-refractivity contribution in [3.63, 3.8) is 0 Å². The van der Waals surface area contributed by atoms with Gasteiger partial charge < -0.3 is 5.32 Å². The summed E-state index contributed by atoms with van der Waals surface area (Å²) in [5, 5.41) is 11.5. The Morgan fingerprint density at radius 2 is 1.94 bits per heavy atom. The molecule has 0 aliphatic heterocycles. The van der Waals surface area contributed by atoms with Gasteiger partial charge in [0.15, 0.2) is 0 Å². The van der Waals surface area contributed by atoms with E-state index >= 15 is 0 Å². The first-order valence-corrected chi connectivity index (χ1v) is 5.31. The summed E-state index contributed by atoms with van der Waals surface area (Å²) in [5.74, 6) is -0.214. The Kier molecular flexibility index (Phi) is 3.68. The van der Waals surface area contributed by atoms with Gasteiger partial charge in [-0.15, -0.1) is 0 Å². The van der Waals surface area contributed by atoms with Crippen LogP contribution in [-0.4, -0.2) is 11.4 Å². The fraction of sp³-hybridized carbons (Fsp3) is 0.385. The van der Waals surface area contributed by atoms with Crippen molar-refractivity contribution in [3.8, 4) is 6.07 Å². The Morgan fingerprint density at radius 1 is 1.38 bits per heavy atom. The summed E-state index contributed by atoms with van der Waals surface area (Å²) in [7, 11) is 0. The normalized spacial score (nSPS) is 10.6. The molecule has 1 aromatic carbocycles. The molecule has 3 heteroatoms. The van der Waals surface area contributed by atoms with Gasteiger partial charge in [0.25, 0.3) is 5.91 Å². The lowest BCUT2D eigenvalue weighted by Gasteiger charge is -2.17. The van der Waals surface area contributed by atoms with E-state index in [0.717, 1.165) is 6.42 Å². The SMILES string of the molecule is CCc1ccc(C(=O)NC(C)(C)C#N)cc1. The van der Waals surface area contributed by atoms with Crippen LogP contribution in [0.5, 0.6) is 0 Å². The van der Waals surface area contributed by atoms with Crippen LogP contribution in [0.25, 0.3) is 0 Å². The first kappa shape index (κ1) is 12.3. The fourth-order valence-corrected chi connectivity index (χ4v) is 1.28. The van der Waals surface area contributed by atoms with Crippen LogP contribution in [0.15, 0.2) is 24.3 Å². The largest absolute Gasteiger partial charge is 0.334 e.